The number of nitrogens with zero attached hydrogens (tertiary/aromatic N) is 3. The van der Waals surface area contributed by atoms with E-state index in [1.165, 1.54) is 16.3 Å². The van der Waals surface area contributed by atoms with Crippen molar-refractivity contribution in [2.75, 3.05) is 0 Å². The first-order valence-corrected chi connectivity index (χ1v) is 11.7. The lowest BCUT2D eigenvalue weighted by molar-refractivity contribution is -0.685. The van der Waals surface area contributed by atoms with E-state index in [0.29, 0.717) is 23.4 Å². The van der Waals surface area contributed by atoms with Gasteiger partial charge in [-0.15, -0.1) is 0 Å². The van der Waals surface area contributed by atoms with Crippen LogP contribution in [0.5, 0.6) is 0 Å². The van der Waals surface area contributed by atoms with E-state index in [1.807, 2.05) is 58.2 Å². The van der Waals surface area contributed by atoms with E-state index < -0.39 is 0 Å². The van der Waals surface area contributed by atoms with Crippen LogP contribution in [0.1, 0.15) is 11.3 Å². The summed E-state index contributed by atoms with van der Waals surface area (Å²) in [6.45, 7) is 1.22. The van der Waals surface area contributed by atoms with Crippen molar-refractivity contribution in [1.29, 1.82) is 0 Å². The lowest BCUT2D eigenvalue weighted by Gasteiger charge is -2.02. The van der Waals surface area contributed by atoms with Crippen molar-refractivity contribution < 1.29 is 43.5 Å². The molecule has 3 aromatic heterocycles. The van der Waals surface area contributed by atoms with Gasteiger partial charge in [0.05, 0.1) is 11.2 Å². The Morgan fingerprint density at radius 2 is 1.58 bits per heavy atom. The Morgan fingerprint density at radius 3 is 2.31 bits per heavy atom. The molecule has 3 heterocycles. The molecule has 9 heteroatoms. The predicted molar refractivity (Wildman–Crippen MR) is 136 cm³/mol. The highest BCUT2D eigenvalue weighted by Crippen LogP contribution is 2.22. The Bertz CT molecular complexity index is 1430. The molecule has 0 spiro atoms. The second kappa shape index (κ2) is 13.0. The van der Waals surface area contributed by atoms with Gasteiger partial charge >= 0.3 is 0 Å². The number of benzene rings is 3. The maximum absolute atomic E-state index is 6.53. The first kappa shape index (κ1) is 27.9. The third-order valence-electron chi connectivity index (χ3n) is 5.55. The van der Waals surface area contributed by atoms with E-state index in [4.69, 9.17) is 28.2 Å². The topological polar surface area (TPSA) is 51.6 Å². The summed E-state index contributed by atoms with van der Waals surface area (Å²) in [5.41, 5.74) is 3.09. The molecule has 3 aromatic carbocycles. The molecule has 0 radical (unpaired) electrons. The zero-order valence-electron chi connectivity index (χ0n) is 19.1. The van der Waals surface area contributed by atoms with E-state index in [1.54, 1.807) is 6.33 Å². The summed E-state index contributed by atoms with van der Waals surface area (Å²) in [4.78, 5) is 10.3. The zero-order valence-corrected chi connectivity index (χ0v) is 23.8. The number of aromatic amines is 2. The SMILES string of the molecule is Clc1c(Cl)[n+](Cc2ccc3ccccc3c2)cn1Cc1ccc2ccccc2n1.[Br-].[Br-].c1c[nH+]c[nH]1. The number of H-pyrrole nitrogens is 2. The molecular formula is C27H23Br2Cl2N5. The standard InChI is InChI=1S/C24H18Cl2N3.C3H4N2.2BrH/c25-23-24(26)29(15-21-12-11-19-6-3-4-8-22(19)27-21)16-28(23)14-17-9-10-18-5-1-2-7-20(18)13-17;1-2-5-3-4-1;;/h1-13,16H,14-15H2;1-3H,(H,4,5);2*1H/q+1;;;/p-1. The molecule has 36 heavy (non-hydrogen) atoms. The number of rotatable bonds is 4. The lowest BCUT2D eigenvalue weighted by Crippen LogP contribution is -3.00. The fourth-order valence-corrected chi connectivity index (χ4v) is 4.30. The van der Waals surface area contributed by atoms with Crippen LogP contribution in [0.15, 0.2) is 104 Å². The van der Waals surface area contributed by atoms with Gasteiger partial charge in [-0.2, -0.15) is 0 Å². The van der Waals surface area contributed by atoms with Crippen LogP contribution in [0.25, 0.3) is 21.7 Å². The summed E-state index contributed by atoms with van der Waals surface area (Å²) in [5.74, 6) is 0. The van der Waals surface area contributed by atoms with Gasteiger partial charge < -0.3 is 34.0 Å². The first-order valence-electron chi connectivity index (χ1n) is 10.9. The number of imidazole rings is 2. The van der Waals surface area contributed by atoms with Gasteiger partial charge in [-0.3, -0.25) is 9.97 Å². The molecule has 6 aromatic rings. The molecule has 0 amide bonds. The van der Waals surface area contributed by atoms with Crippen molar-refractivity contribution in [2.24, 2.45) is 0 Å². The van der Waals surface area contributed by atoms with Gasteiger partial charge in [0.1, 0.15) is 25.5 Å². The molecule has 0 aliphatic heterocycles. The summed E-state index contributed by atoms with van der Waals surface area (Å²) in [6.07, 6.45) is 7.34. The summed E-state index contributed by atoms with van der Waals surface area (Å²) < 4.78 is 3.90. The van der Waals surface area contributed by atoms with Gasteiger partial charge in [-0.25, -0.2) is 14.1 Å². The van der Waals surface area contributed by atoms with E-state index in [2.05, 4.69) is 58.5 Å². The molecule has 0 atom stereocenters. The number of nitrogens with one attached hydrogen (secondary N) is 2. The summed E-state index contributed by atoms with van der Waals surface area (Å²) in [6, 6.07) is 27.0. The molecule has 0 unspecified atom stereocenters. The molecule has 0 aliphatic rings. The average molecular weight is 648 g/mol. The smallest absolute Gasteiger partial charge is 0.255 e. The lowest BCUT2D eigenvalue weighted by atomic mass is 10.1. The van der Waals surface area contributed by atoms with E-state index >= 15 is 0 Å². The molecular weight excluding hydrogens is 625 g/mol. The number of halogens is 4. The van der Waals surface area contributed by atoms with Crippen molar-refractivity contribution in [1.82, 2.24) is 14.5 Å². The number of hydrogen-bond donors (Lipinski definition) is 1. The molecule has 184 valence electrons. The van der Waals surface area contributed by atoms with Crippen molar-refractivity contribution >= 4 is 44.9 Å². The maximum atomic E-state index is 6.53. The number of pyridine rings is 1. The normalized spacial score (nSPS) is 10.3. The number of para-hydroxylation sites is 1. The first-order chi connectivity index (χ1) is 16.7. The summed E-state index contributed by atoms with van der Waals surface area (Å²) in [5, 5.41) is 4.61. The predicted octanol–water partition coefficient (Wildman–Crippen LogP) is -0.283. The van der Waals surface area contributed by atoms with Crippen LogP contribution < -0.4 is 43.5 Å². The van der Waals surface area contributed by atoms with Crippen molar-refractivity contribution in [2.45, 2.75) is 13.1 Å². The van der Waals surface area contributed by atoms with Crippen LogP contribution in [0.3, 0.4) is 0 Å². The molecule has 0 fully saturated rings. The number of aromatic nitrogens is 5. The minimum Gasteiger partial charge on any atom is -1.00 e. The maximum Gasteiger partial charge on any atom is 0.255 e. The van der Waals surface area contributed by atoms with Gasteiger partial charge in [0.15, 0.2) is 0 Å². The summed E-state index contributed by atoms with van der Waals surface area (Å²) >= 11 is 13.1. The highest BCUT2D eigenvalue weighted by atomic mass is 79.9. The van der Waals surface area contributed by atoms with E-state index in [9.17, 15) is 0 Å². The van der Waals surface area contributed by atoms with Gasteiger partial charge in [-0.05, 0) is 57.7 Å². The van der Waals surface area contributed by atoms with Crippen LogP contribution in [0, 0.1) is 0 Å². The Kier molecular flexibility index (Phi) is 10.1. The van der Waals surface area contributed by atoms with Crippen molar-refractivity contribution in [3.8, 4) is 0 Å². The van der Waals surface area contributed by atoms with Crippen LogP contribution in [0.2, 0.25) is 10.3 Å². The Hall–Kier alpha value is -2.71. The molecule has 2 N–H and O–H groups in total. The molecule has 5 nitrogen and oxygen atoms in total. The van der Waals surface area contributed by atoms with Crippen LogP contribution in [-0.2, 0) is 13.1 Å². The fraction of sp³-hybridized carbons (Fsp3) is 0.0741. The van der Waals surface area contributed by atoms with Crippen LogP contribution >= 0.6 is 23.2 Å². The summed E-state index contributed by atoms with van der Waals surface area (Å²) in [7, 11) is 0. The second-order valence-corrected chi connectivity index (χ2v) is 8.66. The van der Waals surface area contributed by atoms with Gasteiger partial charge in [0.25, 0.3) is 10.3 Å². The number of hydrogen-bond acceptors (Lipinski definition) is 1. The van der Waals surface area contributed by atoms with E-state index in [0.717, 1.165) is 16.6 Å². The molecule has 0 saturated heterocycles. The Labute approximate surface area is 240 Å². The monoisotopic (exact) mass is 645 g/mol. The second-order valence-electron chi connectivity index (χ2n) is 7.94. The fourth-order valence-electron chi connectivity index (χ4n) is 3.87. The molecule has 0 bridgehead atoms. The Balaban J connectivity index is 0.000000463. The zero-order chi connectivity index (χ0) is 23.3. The number of fused-ring (bicyclic) bond motifs is 2. The Morgan fingerprint density at radius 1 is 0.861 bits per heavy atom. The van der Waals surface area contributed by atoms with Crippen molar-refractivity contribution in [3.05, 3.63) is 125 Å². The van der Waals surface area contributed by atoms with Crippen molar-refractivity contribution in [3.63, 3.8) is 0 Å². The highest BCUT2D eigenvalue weighted by molar-refractivity contribution is 6.39. The minimum atomic E-state index is 0. The highest BCUT2D eigenvalue weighted by Gasteiger charge is 2.21. The molecule has 6 rings (SSSR count). The molecule has 0 saturated carbocycles. The third kappa shape index (κ3) is 6.53. The third-order valence-corrected chi connectivity index (χ3v) is 6.44. The minimum absolute atomic E-state index is 0. The van der Waals surface area contributed by atoms with Gasteiger partial charge in [0.2, 0.25) is 12.7 Å². The average Bonchev–Trinajstić information content (AvgIpc) is 3.54. The largest absolute Gasteiger partial charge is 1.00 e. The van der Waals surface area contributed by atoms with Gasteiger partial charge in [0, 0.05) is 5.39 Å². The van der Waals surface area contributed by atoms with Crippen LogP contribution in [-0.4, -0.2) is 14.5 Å². The van der Waals surface area contributed by atoms with Gasteiger partial charge in [-0.1, -0.05) is 60.7 Å². The quantitative estimate of drug-likeness (QED) is 0.263. The van der Waals surface area contributed by atoms with Crippen LogP contribution in [0.4, 0.5) is 0 Å². The molecule has 0 aliphatic carbocycles. The van der Waals surface area contributed by atoms with E-state index in [-0.39, 0.29) is 34.0 Å².